The van der Waals surface area contributed by atoms with Gasteiger partial charge in [0.25, 0.3) is 10.0 Å². The molecule has 1 saturated heterocycles. The van der Waals surface area contributed by atoms with E-state index in [0.29, 0.717) is 17.3 Å². The maximum atomic E-state index is 12.5. The van der Waals surface area contributed by atoms with E-state index in [1.54, 1.807) is 10.4 Å². The second kappa shape index (κ2) is 6.38. The lowest BCUT2D eigenvalue weighted by molar-refractivity contribution is 0.436. The molecule has 1 fully saturated rings. The molecule has 0 amide bonds. The Bertz CT molecular complexity index is 476. The van der Waals surface area contributed by atoms with E-state index in [0.717, 1.165) is 29.3 Å². The van der Waals surface area contributed by atoms with E-state index in [9.17, 15) is 8.42 Å². The van der Waals surface area contributed by atoms with Gasteiger partial charge >= 0.3 is 0 Å². The molecular weight excluding hydrogens is 288 g/mol. The molecule has 0 aromatic carbocycles. The number of thioether (sulfide) groups is 1. The lowest BCUT2D eigenvalue weighted by Gasteiger charge is -2.18. The van der Waals surface area contributed by atoms with Crippen molar-refractivity contribution in [2.24, 2.45) is 0 Å². The molecule has 18 heavy (non-hydrogen) atoms. The molecule has 1 N–H and O–H groups in total. The van der Waals surface area contributed by atoms with Crippen LogP contribution >= 0.6 is 23.1 Å². The van der Waals surface area contributed by atoms with Crippen molar-refractivity contribution < 1.29 is 8.42 Å². The summed E-state index contributed by atoms with van der Waals surface area (Å²) in [7, 11) is -1.41. The van der Waals surface area contributed by atoms with Crippen LogP contribution in [-0.2, 0) is 16.6 Å². The van der Waals surface area contributed by atoms with E-state index >= 15 is 0 Å². The molecule has 4 nitrogen and oxygen atoms in total. The van der Waals surface area contributed by atoms with Crippen LogP contribution in [0.25, 0.3) is 0 Å². The van der Waals surface area contributed by atoms with Crippen LogP contribution in [0.3, 0.4) is 0 Å². The Balaban J connectivity index is 2.17. The Labute approximate surface area is 117 Å². The second-order valence-corrected chi connectivity index (χ2v) is 8.68. The number of sulfonamides is 1. The summed E-state index contributed by atoms with van der Waals surface area (Å²) in [6, 6.07) is 3.62. The summed E-state index contributed by atoms with van der Waals surface area (Å²) in [5.74, 6) is 1.95. The van der Waals surface area contributed by atoms with E-state index in [2.05, 4.69) is 5.32 Å². The molecule has 1 aromatic heterocycles. The van der Waals surface area contributed by atoms with E-state index in [1.807, 2.05) is 24.9 Å². The van der Waals surface area contributed by atoms with Crippen LogP contribution < -0.4 is 5.32 Å². The molecule has 2 heterocycles. The number of thiophene rings is 1. The van der Waals surface area contributed by atoms with Crippen molar-refractivity contribution in [2.75, 3.05) is 31.6 Å². The molecule has 0 spiro atoms. The Morgan fingerprint density at radius 1 is 1.33 bits per heavy atom. The summed E-state index contributed by atoms with van der Waals surface area (Å²) in [6.45, 7) is 2.00. The molecule has 1 aliphatic rings. The summed E-state index contributed by atoms with van der Waals surface area (Å²) in [6.07, 6.45) is 0.943. The molecule has 1 aliphatic heterocycles. The minimum Gasteiger partial charge on any atom is -0.315 e. The van der Waals surface area contributed by atoms with Gasteiger partial charge in [-0.15, -0.1) is 11.3 Å². The van der Waals surface area contributed by atoms with Gasteiger partial charge in [-0.25, -0.2) is 8.42 Å². The number of rotatable bonds is 4. The molecule has 0 radical (unpaired) electrons. The number of nitrogens with zero attached hydrogens (tertiary/aromatic N) is 1. The molecule has 0 bridgehead atoms. The maximum absolute atomic E-state index is 12.5. The van der Waals surface area contributed by atoms with Gasteiger partial charge in [0, 0.05) is 30.3 Å². The lowest BCUT2D eigenvalue weighted by Crippen LogP contribution is -2.32. The smallest absolute Gasteiger partial charge is 0.252 e. The third-order valence-corrected chi connectivity index (χ3v) is 7.26. The van der Waals surface area contributed by atoms with E-state index in [1.165, 1.54) is 11.3 Å². The normalized spacial score (nSPS) is 18.7. The molecule has 102 valence electrons. The Hall–Kier alpha value is -0.0800. The van der Waals surface area contributed by atoms with Gasteiger partial charge in [0.2, 0.25) is 0 Å². The minimum absolute atomic E-state index is 0.472. The summed E-state index contributed by atoms with van der Waals surface area (Å²) in [4.78, 5) is 1.06. The summed E-state index contributed by atoms with van der Waals surface area (Å²) < 4.78 is 27.0. The van der Waals surface area contributed by atoms with Crippen LogP contribution in [0.4, 0.5) is 0 Å². The van der Waals surface area contributed by atoms with Gasteiger partial charge < -0.3 is 5.32 Å². The monoisotopic (exact) mass is 306 g/mol. The highest BCUT2D eigenvalue weighted by molar-refractivity contribution is 7.99. The largest absolute Gasteiger partial charge is 0.315 e. The molecule has 0 aliphatic carbocycles. The highest BCUT2D eigenvalue weighted by Gasteiger charge is 2.26. The van der Waals surface area contributed by atoms with Crippen LogP contribution in [0.5, 0.6) is 0 Å². The third kappa shape index (κ3) is 3.27. The van der Waals surface area contributed by atoms with Gasteiger partial charge in [-0.3, -0.25) is 0 Å². The van der Waals surface area contributed by atoms with Crippen molar-refractivity contribution in [2.45, 2.75) is 17.2 Å². The zero-order valence-corrected chi connectivity index (χ0v) is 12.8. The zero-order valence-electron chi connectivity index (χ0n) is 10.4. The van der Waals surface area contributed by atoms with Gasteiger partial charge in [0.05, 0.1) is 0 Å². The van der Waals surface area contributed by atoms with Crippen LogP contribution in [0.15, 0.2) is 16.3 Å². The molecule has 7 heteroatoms. The minimum atomic E-state index is -3.27. The zero-order chi connectivity index (χ0) is 13.0. The number of nitrogens with one attached hydrogen (secondary N) is 1. The molecule has 0 saturated carbocycles. The quantitative estimate of drug-likeness (QED) is 0.918. The summed E-state index contributed by atoms with van der Waals surface area (Å²) >= 11 is 3.20. The van der Waals surface area contributed by atoms with Crippen LogP contribution in [0.1, 0.15) is 11.3 Å². The van der Waals surface area contributed by atoms with Crippen LogP contribution in [0, 0.1) is 0 Å². The van der Waals surface area contributed by atoms with Crippen molar-refractivity contribution in [3.63, 3.8) is 0 Å². The van der Waals surface area contributed by atoms with Crippen LogP contribution in [0.2, 0.25) is 0 Å². The molecule has 0 unspecified atom stereocenters. The van der Waals surface area contributed by atoms with Gasteiger partial charge in [-0.2, -0.15) is 16.1 Å². The average molecular weight is 306 g/mol. The van der Waals surface area contributed by atoms with Gasteiger partial charge in [-0.05, 0) is 31.4 Å². The highest BCUT2D eigenvalue weighted by atomic mass is 32.2. The fourth-order valence-electron chi connectivity index (χ4n) is 1.86. The first-order valence-corrected chi connectivity index (χ1v) is 9.37. The Morgan fingerprint density at radius 3 is 2.94 bits per heavy atom. The molecule has 0 atom stereocenters. The van der Waals surface area contributed by atoms with Crippen molar-refractivity contribution in [3.8, 4) is 0 Å². The maximum Gasteiger partial charge on any atom is 0.252 e. The number of hydrogen-bond acceptors (Lipinski definition) is 5. The number of hydrogen-bond donors (Lipinski definition) is 1. The van der Waals surface area contributed by atoms with Crippen molar-refractivity contribution in [1.29, 1.82) is 0 Å². The van der Waals surface area contributed by atoms with E-state index in [-0.39, 0.29) is 0 Å². The van der Waals surface area contributed by atoms with Crippen molar-refractivity contribution >= 4 is 33.1 Å². The predicted molar refractivity (Wildman–Crippen MR) is 77.8 cm³/mol. The highest BCUT2D eigenvalue weighted by Crippen LogP contribution is 2.26. The molecular formula is C11H18N2O2S3. The summed E-state index contributed by atoms with van der Waals surface area (Å²) in [5, 5.41) is 3.04. The first kappa shape index (κ1) is 14.3. The standard InChI is InChI=1S/C11H18N2O2S3/c1-12-9-10-3-4-11(17-10)18(14,15)13-5-2-7-16-8-6-13/h3-4,12H,2,5-9H2,1H3. The van der Waals surface area contributed by atoms with E-state index < -0.39 is 10.0 Å². The van der Waals surface area contributed by atoms with Crippen molar-refractivity contribution in [3.05, 3.63) is 17.0 Å². The predicted octanol–water partition coefficient (Wildman–Crippen LogP) is 1.60. The van der Waals surface area contributed by atoms with Gasteiger partial charge in [-0.1, -0.05) is 0 Å². The average Bonchev–Trinajstić information content (AvgIpc) is 2.65. The van der Waals surface area contributed by atoms with E-state index in [4.69, 9.17) is 0 Å². The topological polar surface area (TPSA) is 49.4 Å². The van der Waals surface area contributed by atoms with Crippen molar-refractivity contribution in [1.82, 2.24) is 9.62 Å². The third-order valence-electron chi connectivity index (χ3n) is 2.76. The summed E-state index contributed by atoms with van der Waals surface area (Å²) in [5.41, 5.74) is 0. The van der Waals surface area contributed by atoms with Gasteiger partial charge in [0.1, 0.15) is 4.21 Å². The first-order valence-electron chi connectivity index (χ1n) is 5.96. The van der Waals surface area contributed by atoms with Gasteiger partial charge in [0.15, 0.2) is 0 Å². The second-order valence-electron chi connectivity index (χ2n) is 4.12. The fourth-order valence-corrected chi connectivity index (χ4v) is 5.86. The Morgan fingerprint density at radius 2 is 2.17 bits per heavy atom. The molecule has 1 aromatic rings. The first-order chi connectivity index (χ1) is 8.64. The lowest BCUT2D eigenvalue weighted by atomic mass is 10.5. The fraction of sp³-hybridized carbons (Fsp3) is 0.636. The van der Waals surface area contributed by atoms with Crippen LogP contribution in [-0.4, -0.2) is 44.4 Å². The Kier molecular flexibility index (Phi) is 5.08. The molecule has 2 rings (SSSR count). The SMILES string of the molecule is CNCc1ccc(S(=O)(=O)N2CCCSCC2)s1.